The van der Waals surface area contributed by atoms with Gasteiger partial charge in [0, 0.05) is 38.0 Å². The summed E-state index contributed by atoms with van der Waals surface area (Å²) in [6, 6.07) is 7.65. The summed E-state index contributed by atoms with van der Waals surface area (Å²) in [6.07, 6.45) is 0. The highest BCUT2D eigenvalue weighted by Crippen LogP contribution is 2.33. The highest BCUT2D eigenvalue weighted by molar-refractivity contribution is 6.05. The van der Waals surface area contributed by atoms with E-state index in [0.717, 1.165) is 10.9 Å². The number of likely N-dealkylation sites (tertiary alicyclic amines) is 1. The van der Waals surface area contributed by atoms with Gasteiger partial charge in [-0.25, -0.2) is 0 Å². The molecular formula is C17H19N5O3. The van der Waals surface area contributed by atoms with Crippen molar-refractivity contribution in [3.8, 4) is 0 Å². The van der Waals surface area contributed by atoms with Gasteiger partial charge in [0.2, 0.25) is 5.89 Å². The first-order chi connectivity index (χ1) is 12.1. The zero-order valence-electron chi connectivity index (χ0n) is 14.1. The molecule has 130 valence electrons. The van der Waals surface area contributed by atoms with Crippen LogP contribution in [0.4, 0.5) is 0 Å². The van der Waals surface area contributed by atoms with Crippen molar-refractivity contribution < 1.29 is 14.4 Å². The molecule has 0 saturated carbocycles. The first kappa shape index (κ1) is 15.8. The summed E-state index contributed by atoms with van der Waals surface area (Å²) in [4.78, 5) is 19.0. The van der Waals surface area contributed by atoms with Crippen LogP contribution in [-0.4, -0.2) is 55.5 Å². The minimum absolute atomic E-state index is 0.0428. The molecule has 0 bridgehead atoms. The molecule has 8 heteroatoms. The molecule has 1 aliphatic rings. The normalized spacial score (nSPS) is 20.5. The van der Waals surface area contributed by atoms with Gasteiger partial charge in [0.25, 0.3) is 5.91 Å². The lowest BCUT2D eigenvalue weighted by atomic mass is 9.97. The first-order valence-corrected chi connectivity index (χ1v) is 8.20. The summed E-state index contributed by atoms with van der Waals surface area (Å²) < 4.78 is 6.97. The van der Waals surface area contributed by atoms with Gasteiger partial charge in [-0.2, -0.15) is 10.1 Å². The Hall–Kier alpha value is -2.74. The number of nitrogens with zero attached hydrogens (tertiary/aromatic N) is 5. The van der Waals surface area contributed by atoms with Crippen molar-refractivity contribution in [3.63, 3.8) is 0 Å². The Bertz CT molecular complexity index is 931. The summed E-state index contributed by atoms with van der Waals surface area (Å²) in [7, 11) is 1.82. The maximum atomic E-state index is 13.0. The largest absolute Gasteiger partial charge is 0.396 e. The molecule has 1 N–H and O–H groups in total. The number of aromatic nitrogens is 4. The quantitative estimate of drug-likeness (QED) is 0.766. The molecule has 2 aromatic heterocycles. The molecule has 1 fully saturated rings. The zero-order chi connectivity index (χ0) is 17.6. The van der Waals surface area contributed by atoms with Crippen molar-refractivity contribution in [1.29, 1.82) is 0 Å². The molecule has 0 spiro atoms. The van der Waals surface area contributed by atoms with Gasteiger partial charge in [0.05, 0.1) is 11.4 Å². The monoisotopic (exact) mass is 341 g/mol. The van der Waals surface area contributed by atoms with E-state index in [0.29, 0.717) is 30.5 Å². The Kier molecular flexibility index (Phi) is 3.76. The molecule has 0 radical (unpaired) electrons. The van der Waals surface area contributed by atoms with Crippen LogP contribution >= 0.6 is 0 Å². The molecule has 4 rings (SSSR count). The molecule has 8 nitrogen and oxygen atoms in total. The van der Waals surface area contributed by atoms with E-state index in [9.17, 15) is 9.90 Å². The van der Waals surface area contributed by atoms with Gasteiger partial charge >= 0.3 is 0 Å². The Morgan fingerprint density at radius 3 is 2.88 bits per heavy atom. The average Bonchev–Trinajstić information content (AvgIpc) is 3.31. The molecule has 0 aliphatic carbocycles. The van der Waals surface area contributed by atoms with Crippen molar-refractivity contribution in [2.75, 3.05) is 19.7 Å². The van der Waals surface area contributed by atoms with Gasteiger partial charge in [0.15, 0.2) is 11.5 Å². The number of aliphatic hydroxyl groups excluding tert-OH is 1. The number of benzene rings is 1. The lowest BCUT2D eigenvalue weighted by molar-refractivity contribution is 0.0776. The molecule has 3 aromatic rings. The zero-order valence-corrected chi connectivity index (χ0v) is 14.1. The number of carbonyl (C=O) groups is 1. The topological polar surface area (TPSA) is 97.3 Å². The van der Waals surface area contributed by atoms with Crippen molar-refractivity contribution in [1.82, 2.24) is 24.8 Å². The first-order valence-electron chi connectivity index (χ1n) is 8.20. The number of aliphatic hydroxyl groups is 1. The number of rotatable bonds is 3. The Morgan fingerprint density at radius 1 is 1.36 bits per heavy atom. The van der Waals surface area contributed by atoms with Crippen LogP contribution in [0.5, 0.6) is 0 Å². The number of aryl methyl sites for hydroxylation is 2. The fraction of sp³-hybridized carbons (Fsp3) is 0.412. The standard InChI is InChI=1S/C17H19N5O3/c1-10-18-16(25-20-10)13-8-22(7-11(13)9-23)17(24)15-12-5-3-4-6-14(12)21(2)19-15/h3-6,11,13,23H,7-9H2,1-2H3/t11-,13+/m0/s1. The number of hydrogen-bond donors (Lipinski definition) is 1. The molecule has 0 unspecified atom stereocenters. The van der Waals surface area contributed by atoms with Crippen LogP contribution in [0, 0.1) is 12.8 Å². The van der Waals surface area contributed by atoms with E-state index in [2.05, 4.69) is 15.2 Å². The second kappa shape index (κ2) is 5.96. The van der Waals surface area contributed by atoms with Crippen LogP contribution in [0.15, 0.2) is 28.8 Å². The van der Waals surface area contributed by atoms with E-state index in [4.69, 9.17) is 4.52 Å². The number of para-hydroxylation sites is 1. The van der Waals surface area contributed by atoms with E-state index >= 15 is 0 Å². The van der Waals surface area contributed by atoms with Crippen LogP contribution in [0.2, 0.25) is 0 Å². The average molecular weight is 341 g/mol. The number of hydrogen-bond acceptors (Lipinski definition) is 6. The Balaban J connectivity index is 1.64. The van der Waals surface area contributed by atoms with Crippen LogP contribution in [0.25, 0.3) is 10.9 Å². The molecule has 25 heavy (non-hydrogen) atoms. The lowest BCUT2D eigenvalue weighted by Crippen LogP contribution is -2.29. The third kappa shape index (κ3) is 2.58. The van der Waals surface area contributed by atoms with Gasteiger partial charge in [-0.1, -0.05) is 23.4 Å². The van der Waals surface area contributed by atoms with Gasteiger partial charge in [-0.15, -0.1) is 0 Å². The second-order valence-electron chi connectivity index (χ2n) is 6.43. The minimum atomic E-state index is -0.162. The van der Waals surface area contributed by atoms with Crippen molar-refractivity contribution >= 4 is 16.8 Å². The number of carbonyl (C=O) groups excluding carboxylic acids is 1. The highest BCUT2D eigenvalue weighted by Gasteiger charge is 2.40. The smallest absolute Gasteiger partial charge is 0.275 e. The van der Waals surface area contributed by atoms with Gasteiger partial charge < -0.3 is 14.5 Å². The van der Waals surface area contributed by atoms with E-state index in [-0.39, 0.29) is 24.3 Å². The molecule has 3 heterocycles. The third-order valence-electron chi connectivity index (χ3n) is 4.78. The van der Waals surface area contributed by atoms with Crippen LogP contribution in [-0.2, 0) is 7.05 Å². The predicted molar refractivity (Wildman–Crippen MR) is 89.0 cm³/mol. The summed E-state index contributed by atoms with van der Waals surface area (Å²) in [6.45, 7) is 2.57. The Morgan fingerprint density at radius 2 is 2.16 bits per heavy atom. The van der Waals surface area contributed by atoms with Gasteiger partial charge in [-0.3, -0.25) is 9.48 Å². The van der Waals surface area contributed by atoms with Crippen LogP contribution in [0.1, 0.15) is 28.1 Å². The predicted octanol–water partition coefficient (Wildman–Crippen LogP) is 1.11. The van der Waals surface area contributed by atoms with Gasteiger partial charge in [-0.05, 0) is 13.0 Å². The molecule has 1 amide bonds. The molecule has 1 aliphatic heterocycles. The van der Waals surface area contributed by atoms with Crippen LogP contribution < -0.4 is 0 Å². The van der Waals surface area contributed by atoms with Gasteiger partial charge in [0.1, 0.15) is 0 Å². The Labute approximate surface area is 144 Å². The van der Waals surface area contributed by atoms with E-state index in [1.54, 1.807) is 16.5 Å². The summed E-state index contributed by atoms with van der Waals surface area (Å²) in [5.41, 5.74) is 1.34. The highest BCUT2D eigenvalue weighted by atomic mass is 16.5. The maximum absolute atomic E-state index is 13.0. The third-order valence-corrected chi connectivity index (χ3v) is 4.78. The second-order valence-corrected chi connectivity index (χ2v) is 6.43. The lowest BCUT2D eigenvalue weighted by Gasteiger charge is -2.14. The van der Waals surface area contributed by atoms with Crippen molar-refractivity contribution in [2.45, 2.75) is 12.8 Å². The maximum Gasteiger partial charge on any atom is 0.275 e. The minimum Gasteiger partial charge on any atom is -0.396 e. The van der Waals surface area contributed by atoms with Crippen LogP contribution in [0.3, 0.4) is 0 Å². The number of fused-ring (bicyclic) bond motifs is 1. The van der Waals surface area contributed by atoms with Crippen molar-refractivity contribution in [3.05, 3.63) is 41.7 Å². The summed E-state index contributed by atoms with van der Waals surface area (Å²) >= 11 is 0. The summed E-state index contributed by atoms with van der Waals surface area (Å²) in [5.74, 6) is 0.586. The van der Waals surface area contributed by atoms with E-state index in [1.807, 2.05) is 31.3 Å². The molecule has 2 atom stereocenters. The molecule has 1 saturated heterocycles. The molecule has 1 aromatic carbocycles. The van der Waals surface area contributed by atoms with Crippen molar-refractivity contribution in [2.24, 2.45) is 13.0 Å². The fourth-order valence-corrected chi connectivity index (χ4v) is 3.49. The SMILES string of the molecule is Cc1noc([C@@H]2CN(C(=O)c3nn(C)c4ccccc34)C[C@H]2CO)n1. The van der Waals surface area contributed by atoms with E-state index < -0.39 is 0 Å². The summed E-state index contributed by atoms with van der Waals surface area (Å²) in [5, 5.41) is 18.7. The molecular weight excluding hydrogens is 322 g/mol. The number of amides is 1. The van der Waals surface area contributed by atoms with E-state index in [1.165, 1.54) is 0 Å². The fourth-order valence-electron chi connectivity index (χ4n) is 3.49.